The maximum atomic E-state index is 5.11. The molecule has 1 aliphatic carbocycles. The molecule has 0 amide bonds. The van der Waals surface area contributed by atoms with Crippen molar-refractivity contribution in [1.29, 1.82) is 0 Å². The highest BCUT2D eigenvalue weighted by Crippen LogP contribution is 2.48. The summed E-state index contributed by atoms with van der Waals surface area (Å²) < 4.78 is 0. The van der Waals surface area contributed by atoms with Crippen LogP contribution in [0.5, 0.6) is 0 Å². The van der Waals surface area contributed by atoms with E-state index in [0.29, 0.717) is 0 Å². The van der Waals surface area contributed by atoms with Crippen molar-refractivity contribution in [2.24, 2.45) is 5.10 Å². The number of hydrogen-bond donors (Lipinski definition) is 0. The van der Waals surface area contributed by atoms with Crippen LogP contribution < -0.4 is 14.9 Å². The van der Waals surface area contributed by atoms with Crippen LogP contribution in [0, 0.1) is 0 Å². The van der Waals surface area contributed by atoms with E-state index in [9.17, 15) is 0 Å². The van der Waals surface area contributed by atoms with E-state index in [1.807, 2.05) is 41.9 Å². The van der Waals surface area contributed by atoms with Crippen molar-refractivity contribution in [2.75, 3.05) is 14.9 Å². The first kappa shape index (κ1) is 25.8. The minimum absolute atomic E-state index is 0.901. The fraction of sp³-hybridized carbons (Fsp3) is 0.0526. The van der Waals surface area contributed by atoms with E-state index in [0.717, 1.165) is 63.7 Å². The summed E-state index contributed by atoms with van der Waals surface area (Å²) in [5.41, 5.74) is 10.8. The third kappa shape index (κ3) is 4.53. The van der Waals surface area contributed by atoms with Crippen LogP contribution in [0.3, 0.4) is 0 Å². The lowest BCUT2D eigenvalue weighted by molar-refractivity contribution is 0.281. The molecule has 0 unspecified atom stereocenters. The smallest absolute Gasteiger partial charge is 0.0909 e. The third-order valence-electron chi connectivity index (χ3n) is 8.09. The Bertz CT molecular complexity index is 1930. The summed E-state index contributed by atoms with van der Waals surface area (Å²) in [4.78, 5) is 7.02. The summed E-state index contributed by atoms with van der Waals surface area (Å²) in [6.45, 7) is 0. The molecule has 0 N–H and O–H groups in total. The molecule has 212 valence electrons. The molecule has 0 bridgehead atoms. The average molecular weight is 571 g/mol. The lowest BCUT2D eigenvalue weighted by atomic mass is 10.00. The van der Waals surface area contributed by atoms with Gasteiger partial charge in [-0.2, -0.15) is 0 Å². The highest BCUT2D eigenvalue weighted by molar-refractivity contribution is 6.11. The van der Waals surface area contributed by atoms with E-state index in [-0.39, 0.29) is 0 Å². The van der Waals surface area contributed by atoms with Crippen molar-refractivity contribution < 1.29 is 0 Å². The van der Waals surface area contributed by atoms with Gasteiger partial charge in [-0.3, -0.25) is 4.98 Å². The summed E-state index contributed by atoms with van der Waals surface area (Å²) in [5.74, 6) is 0. The van der Waals surface area contributed by atoms with Gasteiger partial charge in [-0.25, -0.2) is 10.0 Å². The Labute approximate surface area is 257 Å². The van der Waals surface area contributed by atoms with Crippen LogP contribution in [0.25, 0.3) is 16.8 Å². The van der Waals surface area contributed by atoms with Crippen LogP contribution in [0.4, 0.5) is 22.7 Å². The van der Waals surface area contributed by atoms with Gasteiger partial charge in [0.25, 0.3) is 0 Å². The fourth-order valence-electron chi connectivity index (χ4n) is 6.06. The van der Waals surface area contributed by atoms with E-state index in [4.69, 9.17) is 5.10 Å². The number of hydrazine groups is 2. The van der Waals surface area contributed by atoms with Crippen LogP contribution in [0.2, 0.25) is 0 Å². The predicted octanol–water partition coefficient (Wildman–Crippen LogP) is 8.95. The number of para-hydroxylation sites is 3. The summed E-state index contributed by atoms with van der Waals surface area (Å²) in [7, 11) is 0. The normalized spacial score (nSPS) is 15.7. The second-order valence-electron chi connectivity index (χ2n) is 10.8. The number of hydrogen-bond acceptors (Lipinski definition) is 6. The molecule has 0 spiro atoms. The first-order valence-corrected chi connectivity index (χ1v) is 14.9. The molecule has 0 atom stereocenters. The van der Waals surface area contributed by atoms with Gasteiger partial charge in [0, 0.05) is 34.9 Å². The molecular formula is C38H30N6. The Kier molecular flexibility index (Phi) is 6.50. The molecule has 3 heterocycles. The van der Waals surface area contributed by atoms with Gasteiger partial charge in [-0.05, 0) is 73.0 Å². The number of fused-ring (bicyclic) bond motifs is 1. The number of hydrazone groups is 1. The van der Waals surface area contributed by atoms with E-state index in [1.165, 1.54) is 5.70 Å². The number of rotatable bonds is 5. The molecule has 6 nitrogen and oxygen atoms in total. The molecule has 5 aromatic rings. The van der Waals surface area contributed by atoms with Crippen molar-refractivity contribution >= 4 is 34.5 Å². The Morgan fingerprint density at radius 1 is 0.636 bits per heavy atom. The largest absolute Gasteiger partial charge is 0.310 e. The van der Waals surface area contributed by atoms with Gasteiger partial charge < -0.3 is 4.90 Å². The number of pyridine rings is 1. The summed E-state index contributed by atoms with van der Waals surface area (Å²) >= 11 is 0. The lowest BCUT2D eigenvalue weighted by Gasteiger charge is -2.48. The molecule has 2 aliphatic heterocycles. The highest BCUT2D eigenvalue weighted by atomic mass is 16.0. The summed E-state index contributed by atoms with van der Waals surface area (Å²) in [5, 5.41) is 11.5. The van der Waals surface area contributed by atoms with Gasteiger partial charge in [0.2, 0.25) is 0 Å². The molecule has 0 radical (unpaired) electrons. The van der Waals surface area contributed by atoms with Crippen molar-refractivity contribution in [3.8, 4) is 11.3 Å². The fourth-order valence-corrected chi connectivity index (χ4v) is 6.06. The molecule has 6 heteroatoms. The number of allylic oxidation sites excluding steroid dienone is 4. The summed E-state index contributed by atoms with van der Waals surface area (Å²) in [6.07, 6.45) is 12.3. The number of aromatic nitrogens is 1. The lowest BCUT2D eigenvalue weighted by Crippen LogP contribution is -2.52. The van der Waals surface area contributed by atoms with E-state index in [1.54, 1.807) is 0 Å². The number of benzene rings is 4. The summed E-state index contributed by atoms with van der Waals surface area (Å²) in [6, 6.07) is 44.1. The SMILES string of the molecule is C1=CC2=C(CC1)N(c1cccc(-c3ccccn3)c1)c1ccccc1N2N1N=CC(c2ccccc2)=CN1c1ccccc1. The zero-order valence-corrected chi connectivity index (χ0v) is 24.1. The topological polar surface area (TPSA) is 38.2 Å². The third-order valence-corrected chi connectivity index (χ3v) is 8.09. The van der Waals surface area contributed by atoms with Crippen molar-refractivity contribution in [3.05, 3.63) is 169 Å². The molecule has 3 aliphatic rings. The van der Waals surface area contributed by atoms with Gasteiger partial charge in [0.15, 0.2) is 0 Å². The molecule has 4 aromatic carbocycles. The van der Waals surface area contributed by atoms with Crippen LogP contribution in [-0.4, -0.2) is 16.4 Å². The molecule has 1 aromatic heterocycles. The Balaban J connectivity index is 1.28. The monoisotopic (exact) mass is 570 g/mol. The second-order valence-corrected chi connectivity index (χ2v) is 10.8. The number of anilines is 4. The van der Waals surface area contributed by atoms with E-state index >= 15 is 0 Å². The zero-order valence-electron chi connectivity index (χ0n) is 24.1. The van der Waals surface area contributed by atoms with Gasteiger partial charge in [-0.1, -0.05) is 90.2 Å². The quantitative estimate of drug-likeness (QED) is 0.211. The molecular weight excluding hydrogens is 540 g/mol. The minimum atomic E-state index is 0.901. The Morgan fingerprint density at radius 2 is 1.36 bits per heavy atom. The first-order valence-electron chi connectivity index (χ1n) is 14.9. The highest BCUT2D eigenvalue weighted by Gasteiger charge is 2.37. The average Bonchev–Trinajstić information content (AvgIpc) is 3.11. The van der Waals surface area contributed by atoms with Crippen LogP contribution in [0.15, 0.2) is 168 Å². The zero-order chi connectivity index (χ0) is 29.3. The predicted molar refractivity (Wildman–Crippen MR) is 180 cm³/mol. The van der Waals surface area contributed by atoms with Gasteiger partial charge in [0.05, 0.1) is 34.7 Å². The minimum Gasteiger partial charge on any atom is -0.310 e. The van der Waals surface area contributed by atoms with Gasteiger partial charge in [0.1, 0.15) is 0 Å². The van der Waals surface area contributed by atoms with E-state index in [2.05, 4.69) is 141 Å². The molecule has 0 fully saturated rings. The molecule has 44 heavy (non-hydrogen) atoms. The van der Waals surface area contributed by atoms with E-state index < -0.39 is 0 Å². The molecule has 0 saturated heterocycles. The Morgan fingerprint density at radius 3 is 2.18 bits per heavy atom. The maximum Gasteiger partial charge on any atom is 0.0909 e. The van der Waals surface area contributed by atoms with Crippen molar-refractivity contribution in [1.82, 2.24) is 10.2 Å². The van der Waals surface area contributed by atoms with Crippen LogP contribution >= 0.6 is 0 Å². The first-order chi connectivity index (χ1) is 21.8. The second kappa shape index (κ2) is 11.1. The maximum absolute atomic E-state index is 5.11. The standard InChI is InChI=1S/C38H30N6/c1-3-14-29(15-4-1)31-27-40-44(41(28-31)32-17-5-2-6-18-32)43-37-23-9-7-21-35(37)42(36-22-8-10-24-38(36)43)33-19-13-16-30(26-33)34-20-11-12-25-39-34/h1-7,9-21,23-28H,8,22H2. The molecule has 8 rings (SSSR count). The molecule has 0 saturated carbocycles. The van der Waals surface area contributed by atoms with Crippen molar-refractivity contribution in [3.63, 3.8) is 0 Å². The van der Waals surface area contributed by atoms with Crippen LogP contribution in [-0.2, 0) is 0 Å². The Hall–Kier alpha value is -5.88. The number of nitrogens with zero attached hydrogens (tertiary/aromatic N) is 6. The van der Waals surface area contributed by atoms with Gasteiger partial charge in [-0.15, -0.1) is 5.10 Å². The van der Waals surface area contributed by atoms with Crippen molar-refractivity contribution in [2.45, 2.75) is 12.8 Å². The van der Waals surface area contributed by atoms with Gasteiger partial charge >= 0.3 is 0 Å². The van der Waals surface area contributed by atoms with Crippen LogP contribution in [0.1, 0.15) is 18.4 Å².